The number of rotatable bonds is 4. The normalized spacial score (nSPS) is 11.0. The van der Waals surface area contributed by atoms with Gasteiger partial charge in [0.1, 0.15) is 6.54 Å². The molecule has 0 atom stereocenters. The van der Waals surface area contributed by atoms with E-state index in [0.717, 1.165) is 24.0 Å². The molecule has 2 aromatic rings. The molecule has 0 aliphatic heterocycles. The van der Waals surface area contributed by atoms with Crippen molar-refractivity contribution in [1.82, 2.24) is 4.57 Å². The summed E-state index contributed by atoms with van der Waals surface area (Å²) in [7, 11) is 0. The summed E-state index contributed by atoms with van der Waals surface area (Å²) >= 11 is 0. The maximum absolute atomic E-state index is 11.7. The van der Waals surface area contributed by atoms with E-state index in [1.54, 1.807) is 6.07 Å². The summed E-state index contributed by atoms with van der Waals surface area (Å²) in [5.74, 6) is -1.09. The predicted octanol–water partition coefficient (Wildman–Crippen LogP) is 1.20. The van der Waals surface area contributed by atoms with Crippen molar-refractivity contribution in [1.29, 1.82) is 0 Å². The van der Waals surface area contributed by atoms with Gasteiger partial charge in [-0.1, -0.05) is 19.9 Å². The highest BCUT2D eigenvalue weighted by Gasteiger charge is 2.16. The molecule has 1 amide bonds. The van der Waals surface area contributed by atoms with Crippen molar-refractivity contribution < 1.29 is 9.21 Å². The molecule has 0 saturated carbocycles. The summed E-state index contributed by atoms with van der Waals surface area (Å²) in [6, 6.07) is 3.73. The van der Waals surface area contributed by atoms with Crippen molar-refractivity contribution in [2.24, 2.45) is 5.73 Å². The minimum Gasteiger partial charge on any atom is -0.408 e. The molecule has 5 heteroatoms. The Hall–Kier alpha value is -2.04. The lowest BCUT2D eigenvalue weighted by molar-refractivity contribution is -0.118. The van der Waals surface area contributed by atoms with E-state index in [1.807, 2.05) is 13.0 Å². The van der Waals surface area contributed by atoms with Crippen LogP contribution in [0, 0.1) is 0 Å². The molecule has 18 heavy (non-hydrogen) atoms. The van der Waals surface area contributed by atoms with Gasteiger partial charge < -0.3 is 10.2 Å². The molecule has 0 bridgehead atoms. The SMILES string of the molecule is CCc1ccc2oc(=O)n(CC(N)=O)c2c1CC. The number of carbonyl (C=O) groups is 1. The Morgan fingerprint density at radius 2 is 2.06 bits per heavy atom. The van der Waals surface area contributed by atoms with Gasteiger partial charge in [0.05, 0.1) is 5.52 Å². The van der Waals surface area contributed by atoms with Crippen molar-refractivity contribution in [3.63, 3.8) is 0 Å². The smallest absolute Gasteiger partial charge is 0.408 e. The summed E-state index contributed by atoms with van der Waals surface area (Å²) in [4.78, 5) is 22.8. The van der Waals surface area contributed by atoms with Crippen molar-refractivity contribution in [3.8, 4) is 0 Å². The summed E-state index contributed by atoms with van der Waals surface area (Å²) in [6.07, 6.45) is 1.65. The Morgan fingerprint density at radius 3 is 2.61 bits per heavy atom. The van der Waals surface area contributed by atoms with Crippen molar-refractivity contribution in [3.05, 3.63) is 33.8 Å². The highest BCUT2D eigenvalue weighted by molar-refractivity contribution is 5.81. The van der Waals surface area contributed by atoms with Crippen LogP contribution in [-0.2, 0) is 24.2 Å². The monoisotopic (exact) mass is 248 g/mol. The van der Waals surface area contributed by atoms with Crippen molar-refractivity contribution in [2.75, 3.05) is 0 Å². The number of carbonyl (C=O) groups excluding carboxylic acids is 1. The highest BCUT2D eigenvalue weighted by Crippen LogP contribution is 2.23. The van der Waals surface area contributed by atoms with Crippen LogP contribution in [0.5, 0.6) is 0 Å². The zero-order valence-corrected chi connectivity index (χ0v) is 10.5. The van der Waals surface area contributed by atoms with Crippen LogP contribution in [0.1, 0.15) is 25.0 Å². The van der Waals surface area contributed by atoms with E-state index in [-0.39, 0.29) is 6.54 Å². The first-order valence-electron chi connectivity index (χ1n) is 6.00. The first-order valence-corrected chi connectivity index (χ1v) is 6.00. The van der Waals surface area contributed by atoms with Gasteiger partial charge in [-0.15, -0.1) is 0 Å². The Bertz CT molecular complexity index is 652. The number of nitrogens with two attached hydrogens (primary N) is 1. The molecule has 1 aromatic heterocycles. The van der Waals surface area contributed by atoms with Gasteiger partial charge in [0, 0.05) is 0 Å². The minimum atomic E-state index is -0.552. The molecule has 0 fully saturated rings. The lowest BCUT2D eigenvalue weighted by Crippen LogP contribution is -2.25. The molecule has 1 heterocycles. The van der Waals surface area contributed by atoms with E-state index >= 15 is 0 Å². The molecule has 0 unspecified atom stereocenters. The number of hydrogen-bond acceptors (Lipinski definition) is 3. The predicted molar refractivity (Wildman–Crippen MR) is 68.4 cm³/mol. The summed E-state index contributed by atoms with van der Waals surface area (Å²) < 4.78 is 6.46. The highest BCUT2D eigenvalue weighted by atomic mass is 16.4. The maximum atomic E-state index is 11.7. The van der Waals surface area contributed by atoms with Crippen LogP contribution in [0.25, 0.3) is 11.1 Å². The number of primary amides is 1. The molecule has 1 aromatic carbocycles. The Labute approximate surface area is 104 Å². The van der Waals surface area contributed by atoms with Gasteiger partial charge in [-0.2, -0.15) is 0 Å². The van der Waals surface area contributed by atoms with Gasteiger partial charge in [-0.3, -0.25) is 9.36 Å². The van der Waals surface area contributed by atoms with Gasteiger partial charge in [-0.05, 0) is 30.0 Å². The van der Waals surface area contributed by atoms with E-state index < -0.39 is 11.7 Å². The number of aromatic nitrogens is 1. The number of benzene rings is 1. The van der Waals surface area contributed by atoms with Gasteiger partial charge in [0.2, 0.25) is 5.91 Å². The fourth-order valence-corrected chi connectivity index (χ4v) is 2.30. The van der Waals surface area contributed by atoms with E-state index in [0.29, 0.717) is 11.1 Å². The molecular formula is C13H16N2O3. The van der Waals surface area contributed by atoms with Crippen molar-refractivity contribution >= 4 is 17.0 Å². The third kappa shape index (κ3) is 1.92. The second-order valence-electron chi connectivity index (χ2n) is 4.18. The molecule has 2 rings (SSSR count). The van der Waals surface area contributed by atoms with Crippen LogP contribution in [0.15, 0.2) is 21.3 Å². The van der Waals surface area contributed by atoms with Gasteiger partial charge in [0.15, 0.2) is 5.58 Å². The molecule has 0 spiro atoms. The number of nitrogens with zero attached hydrogens (tertiary/aromatic N) is 1. The molecule has 0 saturated heterocycles. The molecule has 0 aliphatic carbocycles. The standard InChI is InChI=1S/C13H16N2O3/c1-3-8-5-6-10-12(9(8)4-2)15(7-11(14)16)13(17)18-10/h5-6H,3-4,7H2,1-2H3,(H2,14,16). The molecule has 5 nitrogen and oxygen atoms in total. The molecule has 96 valence electrons. The van der Waals surface area contributed by atoms with Gasteiger partial charge >= 0.3 is 5.76 Å². The van der Waals surface area contributed by atoms with Crippen LogP contribution in [0.2, 0.25) is 0 Å². The number of fused-ring (bicyclic) bond motifs is 1. The lowest BCUT2D eigenvalue weighted by atomic mass is 10.0. The zero-order valence-electron chi connectivity index (χ0n) is 10.5. The van der Waals surface area contributed by atoms with E-state index in [4.69, 9.17) is 10.2 Å². The Morgan fingerprint density at radius 1 is 1.33 bits per heavy atom. The first-order chi connectivity index (χ1) is 8.58. The molecule has 2 N–H and O–H groups in total. The summed E-state index contributed by atoms with van der Waals surface area (Å²) in [5, 5.41) is 0. The number of hydrogen-bond donors (Lipinski definition) is 1. The summed E-state index contributed by atoms with van der Waals surface area (Å²) in [6.45, 7) is 3.92. The average molecular weight is 248 g/mol. The zero-order chi connectivity index (χ0) is 13.3. The topological polar surface area (TPSA) is 78.2 Å². The quantitative estimate of drug-likeness (QED) is 0.883. The third-order valence-electron chi connectivity index (χ3n) is 3.08. The average Bonchev–Trinajstić information content (AvgIpc) is 2.64. The van der Waals surface area contributed by atoms with Crippen LogP contribution < -0.4 is 11.5 Å². The fraction of sp³-hybridized carbons (Fsp3) is 0.385. The maximum Gasteiger partial charge on any atom is 0.420 e. The lowest BCUT2D eigenvalue weighted by Gasteiger charge is -2.08. The molecule has 0 radical (unpaired) electrons. The van der Waals surface area contributed by atoms with Crippen LogP contribution >= 0.6 is 0 Å². The fourth-order valence-electron chi connectivity index (χ4n) is 2.30. The number of amides is 1. The van der Waals surface area contributed by atoms with Gasteiger partial charge in [0.25, 0.3) is 0 Å². The second kappa shape index (κ2) is 4.68. The van der Waals surface area contributed by atoms with Crippen LogP contribution in [0.4, 0.5) is 0 Å². The Balaban J connectivity index is 2.80. The second-order valence-corrected chi connectivity index (χ2v) is 4.18. The Kier molecular flexibility index (Phi) is 3.23. The number of oxazole rings is 1. The summed E-state index contributed by atoms with van der Waals surface area (Å²) in [5.41, 5.74) is 8.57. The minimum absolute atomic E-state index is 0.147. The van der Waals surface area contributed by atoms with Crippen LogP contribution in [-0.4, -0.2) is 10.5 Å². The molecule has 0 aliphatic rings. The molecular weight excluding hydrogens is 232 g/mol. The van der Waals surface area contributed by atoms with E-state index in [1.165, 1.54) is 4.57 Å². The third-order valence-corrected chi connectivity index (χ3v) is 3.08. The first kappa shape index (κ1) is 12.4. The number of aryl methyl sites for hydroxylation is 2. The van der Waals surface area contributed by atoms with Gasteiger partial charge in [-0.25, -0.2) is 4.79 Å². The van der Waals surface area contributed by atoms with E-state index in [9.17, 15) is 9.59 Å². The van der Waals surface area contributed by atoms with E-state index in [2.05, 4.69) is 6.92 Å². The van der Waals surface area contributed by atoms with Crippen LogP contribution in [0.3, 0.4) is 0 Å². The van der Waals surface area contributed by atoms with Crippen molar-refractivity contribution in [2.45, 2.75) is 33.2 Å². The largest absolute Gasteiger partial charge is 0.420 e.